The van der Waals surface area contributed by atoms with Gasteiger partial charge in [0.15, 0.2) is 5.76 Å². The van der Waals surface area contributed by atoms with Crippen LogP contribution in [0.15, 0.2) is 10.6 Å². The van der Waals surface area contributed by atoms with Gasteiger partial charge in [0.1, 0.15) is 0 Å². The molecule has 12 heavy (non-hydrogen) atoms. The Balaban J connectivity index is 2.55. The summed E-state index contributed by atoms with van der Waals surface area (Å²) in [6, 6.07) is 1.68. The first-order chi connectivity index (χ1) is 5.47. The summed E-state index contributed by atoms with van der Waals surface area (Å²) in [6.07, 6.45) is 1.09. The predicted octanol–water partition coefficient (Wildman–Crippen LogP) is 0.0322. The number of aromatic nitrogens is 1. The average Bonchev–Trinajstić information content (AvgIpc) is 2.30. The molecule has 6 heteroatoms. The van der Waals surface area contributed by atoms with Crippen LogP contribution in [0.3, 0.4) is 0 Å². The third kappa shape index (κ3) is 3.02. The molecule has 0 aromatic carbocycles. The van der Waals surface area contributed by atoms with Gasteiger partial charge >= 0.3 is 0 Å². The van der Waals surface area contributed by atoms with Crippen LogP contribution >= 0.6 is 0 Å². The molecule has 0 bridgehead atoms. The van der Waals surface area contributed by atoms with E-state index in [9.17, 15) is 8.42 Å². The average molecular weight is 190 g/mol. The summed E-state index contributed by atoms with van der Waals surface area (Å²) < 4.78 is 28.3. The van der Waals surface area contributed by atoms with Crippen LogP contribution in [0, 0.1) is 6.92 Å². The monoisotopic (exact) mass is 190 g/mol. The third-order valence-electron chi connectivity index (χ3n) is 1.19. The van der Waals surface area contributed by atoms with Crippen molar-refractivity contribution < 1.29 is 12.9 Å². The van der Waals surface area contributed by atoms with Crippen LogP contribution in [-0.2, 0) is 16.6 Å². The summed E-state index contributed by atoms with van der Waals surface area (Å²) in [4.78, 5) is 0. The van der Waals surface area contributed by atoms with Gasteiger partial charge in [-0.05, 0) is 6.92 Å². The molecule has 0 atom stereocenters. The minimum Gasteiger partial charge on any atom is -0.360 e. The van der Waals surface area contributed by atoms with Gasteiger partial charge in [-0.1, -0.05) is 5.16 Å². The quantitative estimate of drug-likeness (QED) is 0.730. The lowest BCUT2D eigenvalue weighted by Gasteiger charge is -1.95. The first kappa shape index (κ1) is 9.21. The van der Waals surface area contributed by atoms with Gasteiger partial charge in [0.05, 0.1) is 18.5 Å². The Hall–Kier alpha value is -0.880. The van der Waals surface area contributed by atoms with E-state index in [-0.39, 0.29) is 6.54 Å². The maximum Gasteiger partial charge on any atom is 0.209 e. The molecule has 0 radical (unpaired) electrons. The maximum atomic E-state index is 10.6. The zero-order valence-electron chi connectivity index (χ0n) is 6.86. The highest BCUT2D eigenvalue weighted by atomic mass is 32.2. The first-order valence-electron chi connectivity index (χ1n) is 3.34. The van der Waals surface area contributed by atoms with E-state index in [1.54, 1.807) is 13.0 Å². The predicted molar refractivity (Wildman–Crippen MR) is 42.9 cm³/mol. The van der Waals surface area contributed by atoms with Crippen molar-refractivity contribution in [3.63, 3.8) is 0 Å². The van der Waals surface area contributed by atoms with Crippen LogP contribution in [-0.4, -0.2) is 19.8 Å². The Morgan fingerprint density at radius 3 is 2.75 bits per heavy atom. The molecule has 0 saturated carbocycles. The van der Waals surface area contributed by atoms with Gasteiger partial charge in [-0.15, -0.1) is 0 Å². The zero-order chi connectivity index (χ0) is 9.19. The molecule has 0 spiro atoms. The number of nitrogens with one attached hydrogen (secondary N) is 1. The van der Waals surface area contributed by atoms with Crippen molar-refractivity contribution in [2.45, 2.75) is 13.5 Å². The van der Waals surface area contributed by atoms with Crippen molar-refractivity contribution in [3.05, 3.63) is 17.5 Å². The van der Waals surface area contributed by atoms with Crippen LogP contribution in [0.25, 0.3) is 0 Å². The van der Waals surface area contributed by atoms with Crippen molar-refractivity contribution in [2.24, 2.45) is 0 Å². The normalized spacial score (nSPS) is 11.8. The lowest BCUT2D eigenvalue weighted by Crippen LogP contribution is -2.20. The molecular weight excluding hydrogens is 180 g/mol. The minimum atomic E-state index is -3.15. The van der Waals surface area contributed by atoms with Crippen LogP contribution in [0.1, 0.15) is 11.5 Å². The summed E-state index contributed by atoms with van der Waals surface area (Å²) in [7, 11) is -3.15. The van der Waals surface area contributed by atoms with E-state index in [0.717, 1.165) is 11.9 Å². The van der Waals surface area contributed by atoms with E-state index < -0.39 is 10.0 Å². The molecule has 1 aromatic rings. The lowest BCUT2D eigenvalue weighted by molar-refractivity contribution is 0.377. The molecular formula is C6H10N2O3S. The summed E-state index contributed by atoms with van der Waals surface area (Å²) in [5, 5.41) is 3.61. The highest BCUT2D eigenvalue weighted by Crippen LogP contribution is 2.01. The maximum absolute atomic E-state index is 10.6. The van der Waals surface area contributed by atoms with E-state index >= 15 is 0 Å². The van der Waals surface area contributed by atoms with E-state index in [2.05, 4.69) is 9.88 Å². The van der Waals surface area contributed by atoms with Crippen molar-refractivity contribution in [2.75, 3.05) is 6.26 Å². The van der Waals surface area contributed by atoms with E-state index in [1.165, 1.54) is 0 Å². The SMILES string of the molecule is Cc1cc(CNS(C)(=O)=O)on1. The van der Waals surface area contributed by atoms with Crippen LogP contribution < -0.4 is 4.72 Å². The van der Waals surface area contributed by atoms with Gasteiger partial charge in [0, 0.05) is 6.07 Å². The van der Waals surface area contributed by atoms with Gasteiger partial charge < -0.3 is 4.52 Å². The second-order valence-electron chi connectivity index (χ2n) is 2.53. The van der Waals surface area contributed by atoms with Gasteiger partial charge in [-0.3, -0.25) is 0 Å². The van der Waals surface area contributed by atoms with Crippen molar-refractivity contribution in [1.29, 1.82) is 0 Å². The van der Waals surface area contributed by atoms with E-state index in [1.807, 2.05) is 0 Å². The van der Waals surface area contributed by atoms with Crippen LogP contribution in [0.2, 0.25) is 0 Å². The number of aryl methyl sites for hydroxylation is 1. The van der Waals surface area contributed by atoms with Gasteiger partial charge in [-0.25, -0.2) is 13.1 Å². The topological polar surface area (TPSA) is 72.2 Å². The highest BCUT2D eigenvalue weighted by molar-refractivity contribution is 7.88. The number of hydrogen-bond acceptors (Lipinski definition) is 4. The molecule has 1 heterocycles. The second-order valence-corrected chi connectivity index (χ2v) is 4.36. The van der Waals surface area contributed by atoms with Gasteiger partial charge in [0.25, 0.3) is 0 Å². The van der Waals surface area contributed by atoms with Crippen molar-refractivity contribution in [3.8, 4) is 0 Å². The molecule has 68 valence electrons. The molecule has 0 amide bonds. The lowest BCUT2D eigenvalue weighted by atomic mass is 10.4. The standard InChI is InChI=1S/C6H10N2O3S/c1-5-3-6(11-8-5)4-7-12(2,9)10/h3,7H,4H2,1-2H3. The molecule has 0 aliphatic rings. The largest absolute Gasteiger partial charge is 0.360 e. The molecule has 0 aliphatic heterocycles. The smallest absolute Gasteiger partial charge is 0.209 e. The van der Waals surface area contributed by atoms with Crippen molar-refractivity contribution in [1.82, 2.24) is 9.88 Å². The first-order valence-corrected chi connectivity index (χ1v) is 5.23. The van der Waals surface area contributed by atoms with Gasteiger partial charge in [0.2, 0.25) is 10.0 Å². The van der Waals surface area contributed by atoms with Crippen molar-refractivity contribution >= 4 is 10.0 Å². The minimum absolute atomic E-state index is 0.152. The Morgan fingerprint density at radius 1 is 1.67 bits per heavy atom. The molecule has 1 aromatic heterocycles. The Labute approximate surface area is 70.8 Å². The fraction of sp³-hybridized carbons (Fsp3) is 0.500. The summed E-state index contributed by atoms with van der Waals surface area (Å²) >= 11 is 0. The van der Waals surface area contributed by atoms with Gasteiger partial charge in [-0.2, -0.15) is 0 Å². The molecule has 5 nitrogen and oxygen atoms in total. The Kier molecular flexibility index (Phi) is 2.49. The molecule has 0 unspecified atom stereocenters. The number of sulfonamides is 1. The summed E-state index contributed by atoms with van der Waals surface area (Å²) in [6.45, 7) is 1.92. The molecule has 1 N–H and O–H groups in total. The van der Waals surface area contributed by atoms with E-state index in [0.29, 0.717) is 5.76 Å². The fourth-order valence-electron chi connectivity index (χ4n) is 0.702. The molecule has 0 fully saturated rings. The van der Waals surface area contributed by atoms with Crippen LogP contribution in [0.5, 0.6) is 0 Å². The second kappa shape index (κ2) is 3.24. The Bertz CT molecular complexity index is 355. The highest BCUT2D eigenvalue weighted by Gasteiger charge is 2.04. The number of nitrogens with zero attached hydrogens (tertiary/aromatic N) is 1. The summed E-state index contributed by atoms with van der Waals surface area (Å²) in [5.74, 6) is 0.512. The summed E-state index contributed by atoms with van der Waals surface area (Å²) in [5.41, 5.74) is 0.736. The third-order valence-corrected chi connectivity index (χ3v) is 1.85. The number of hydrogen-bond donors (Lipinski definition) is 1. The Morgan fingerprint density at radius 2 is 2.33 bits per heavy atom. The number of rotatable bonds is 3. The van der Waals surface area contributed by atoms with E-state index in [4.69, 9.17) is 4.52 Å². The molecule has 0 saturated heterocycles. The van der Waals surface area contributed by atoms with Crippen LogP contribution in [0.4, 0.5) is 0 Å². The molecule has 1 rings (SSSR count). The zero-order valence-corrected chi connectivity index (χ0v) is 7.68. The fourth-order valence-corrected chi connectivity index (χ4v) is 1.11. The molecule has 0 aliphatic carbocycles.